The van der Waals surface area contributed by atoms with Crippen molar-refractivity contribution >= 4 is 23.4 Å². The van der Waals surface area contributed by atoms with E-state index >= 15 is 0 Å². The molecule has 8 heteroatoms. The van der Waals surface area contributed by atoms with Crippen LogP contribution in [0.3, 0.4) is 0 Å². The highest BCUT2D eigenvalue weighted by molar-refractivity contribution is 5.81. The average Bonchev–Trinajstić information content (AvgIpc) is 2.93. The molecule has 1 amide bonds. The third-order valence-electron chi connectivity index (χ3n) is 6.47. The number of Topliss-reactive ketones (excluding diaryl/α,β-unsaturated/α-hetero) is 2. The van der Waals surface area contributed by atoms with Gasteiger partial charge in [0, 0.05) is 51.1 Å². The van der Waals surface area contributed by atoms with Crippen LogP contribution in [0.4, 0.5) is 0 Å². The molecule has 2 aromatic carbocycles. The van der Waals surface area contributed by atoms with Crippen molar-refractivity contribution in [3.63, 3.8) is 0 Å². The Bertz CT molecular complexity index is 996. The number of ketones is 2. The van der Waals surface area contributed by atoms with Crippen LogP contribution in [-0.4, -0.2) is 57.8 Å². The molecule has 8 nitrogen and oxygen atoms in total. The quantitative estimate of drug-likeness (QED) is 0.0953. The maximum atomic E-state index is 12.0. The molecule has 0 saturated heterocycles. The maximum Gasteiger partial charge on any atom is 0.303 e. The van der Waals surface area contributed by atoms with Crippen molar-refractivity contribution < 1.29 is 29.5 Å². The largest absolute Gasteiger partial charge is 0.481 e. The van der Waals surface area contributed by atoms with Crippen molar-refractivity contribution in [2.24, 2.45) is 0 Å². The first-order chi connectivity index (χ1) is 19.2. The first-order valence-electron chi connectivity index (χ1n) is 14.2. The molecule has 0 saturated carbocycles. The zero-order valence-corrected chi connectivity index (χ0v) is 24.0. The monoisotopic (exact) mass is 586 g/mol. The SMILES string of the molecule is C.C.CC(C)N(CCCC(=O)NO)CCC(=O)Cc1ccccc1.O=C(O)CCCCCCC(=O)Cc1ccccc1. The molecule has 0 heterocycles. The van der Waals surface area contributed by atoms with E-state index in [4.69, 9.17) is 10.3 Å². The summed E-state index contributed by atoms with van der Waals surface area (Å²) < 4.78 is 0. The summed E-state index contributed by atoms with van der Waals surface area (Å²) in [5, 5.41) is 16.9. The predicted molar refractivity (Wildman–Crippen MR) is 170 cm³/mol. The number of carboxylic acid groups (broad SMARTS) is 1. The number of benzene rings is 2. The highest BCUT2D eigenvalue weighted by Crippen LogP contribution is 2.09. The molecule has 0 aromatic heterocycles. The van der Waals surface area contributed by atoms with Gasteiger partial charge in [-0.1, -0.05) is 88.4 Å². The smallest absolute Gasteiger partial charge is 0.303 e. The number of hydrogen-bond acceptors (Lipinski definition) is 6. The van der Waals surface area contributed by atoms with E-state index in [1.54, 1.807) is 5.48 Å². The van der Waals surface area contributed by atoms with Gasteiger partial charge in [0.25, 0.3) is 0 Å². The Kier molecular flexibility index (Phi) is 24.6. The van der Waals surface area contributed by atoms with Gasteiger partial charge in [-0.05, 0) is 50.8 Å². The summed E-state index contributed by atoms with van der Waals surface area (Å²) in [5.41, 5.74) is 3.74. The first kappa shape index (κ1) is 40.8. The van der Waals surface area contributed by atoms with Crippen LogP contribution in [0, 0.1) is 0 Å². The Morgan fingerprint density at radius 3 is 1.60 bits per heavy atom. The van der Waals surface area contributed by atoms with Gasteiger partial charge < -0.3 is 10.0 Å². The molecule has 2 rings (SSSR count). The van der Waals surface area contributed by atoms with Crippen molar-refractivity contribution in [2.75, 3.05) is 13.1 Å². The lowest BCUT2D eigenvalue weighted by atomic mass is 10.0. The third-order valence-corrected chi connectivity index (χ3v) is 6.47. The Morgan fingerprint density at radius 2 is 1.14 bits per heavy atom. The molecule has 0 unspecified atom stereocenters. The van der Waals surface area contributed by atoms with Crippen molar-refractivity contribution in [3.8, 4) is 0 Å². The number of carboxylic acids is 1. The number of hydroxylamine groups is 1. The lowest BCUT2D eigenvalue weighted by molar-refractivity contribution is -0.137. The van der Waals surface area contributed by atoms with Gasteiger partial charge in [0.2, 0.25) is 5.91 Å². The Hall–Kier alpha value is -3.36. The molecule has 0 aliphatic carbocycles. The summed E-state index contributed by atoms with van der Waals surface area (Å²) in [6.45, 7) is 5.59. The molecule has 0 radical (unpaired) electrons. The average molecular weight is 587 g/mol. The third kappa shape index (κ3) is 21.4. The molecule has 0 fully saturated rings. The second-order valence-corrected chi connectivity index (χ2v) is 10.2. The summed E-state index contributed by atoms with van der Waals surface area (Å²) >= 11 is 0. The Labute approximate surface area is 253 Å². The molecule has 0 aliphatic heterocycles. The van der Waals surface area contributed by atoms with Crippen molar-refractivity contribution in [1.82, 2.24) is 10.4 Å². The van der Waals surface area contributed by atoms with Crippen molar-refractivity contribution in [1.29, 1.82) is 0 Å². The standard InChI is InChI=1S/C17H26N2O3.C15H20O3.2CH4/c1-14(2)19(11-6-9-17(21)18-22)12-10-16(20)13-15-7-4-3-5-8-15;16-14(12-13-8-4-3-5-9-13)10-6-1-2-7-11-15(17)18;;/h3-5,7-8,14,22H,6,9-13H2,1-2H3,(H,18,21);3-5,8-9H,1-2,6-7,10-12H2,(H,17,18);2*1H4. The zero-order valence-electron chi connectivity index (χ0n) is 24.0. The van der Waals surface area contributed by atoms with Crippen LogP contribution in [0.2, 0.25) is 0 Å². The van der Waals surface area contributed by atoms with Gasteiger partial charge in [-0.2, -0.15) is 0 Å². The molecule has 0 aliphatic rings. The van der Waals surface area contributed by atoms with Crippen LogP contribution in [-0.2, 0) is 32.0 Å². The van der Waals surface area contributed by atoms with Gasteiger partial charge in [-0.15, -0.1) is 0 Å². The molecule has 0 spiro atoms. The van der Waals surface area contributed by atoms with E-state index < -0.39 is 5.97 Å². The van der Waals surface area contributed by atoms with Crippen molar-refractivity contribution in [2.45, 2.75) is 105 Å². The molecule has 236 valence electrons. The summed E-state index contributed by atoms with van der Waals surface area (Å²) in [5.74, 6) is -0.622. The van der Waals surface area contributed by atoms with E-state index in [1.807, 2.05) is 60.7 Å². The van der Waals surface area contributed by atoms with E-state index in [0.717, 1.165) is 36.9 Å². The van der Waals surface area contributed by atoms with Gasteiger partial charge in [0.05, 0.1) is 0 Å². The number of amides is 1. The number of hydrogen-bond donors (Lipinski definition) is 3. The van der Waals surface area contributed by atoms with Gasteiger partial charge in [0.15, 0.2) is 0 Å². The number of nitrogens with zero attached hydrogens (tertiary/aromatic N) is 1. The number of aliphatic carboxylic acids is 1. The van der Waals surface area contributed by atoms with Crippen LogP contribution in [0.1, 0.15) is 97.6 Å². The second kappa shape index (κ2) is 25.4. The fourth-order valence-electron chi connectivity index (χ4n) is 4.17. The van der Waals surface area contributed by atoms with E-state index in [9.17, 15) is 19.2 Å². The minimum absolute atomic E-state index is 0. The molecule has 3 N–H and O–H groups in total. The number of nitrogens with one attached hydrogen (secondary N) is 1. The zero-order chi connectivity index (χ0) is 29.6. The molecule has 0 atom stereocenters. The van der Waals surface area contributed by atoms with E-state index in [2.05, 4.69) is 18.7 Å². The fraction of sp³-hybridized carbons (Fsp3) is 0.529. The van der Waals surface area contributed by atoms with Crippen LogP contribution in [0.5, 0.6) is 0 Å². The number of carbonyl (C=O) groups is 4. The van der Waals surface area contributed by atoms with Crippen LogP contribution >= 0.6 is 0 Å². The van der Waals surface area contributed by atoms with E-state index in [0.29, 0.717) is 51.1 Å². The van der Waals surface area contributed by atoms with Crippen LogP contribution in [0.15, 0.2) is 60.7 Å². The molecule has 2 aromatic rings. The first-order valence-corrected chi connectivity index (χ1v) is 14.2. The molecule has 42 heavy (non-hydrogen) atoms. The number of rotatable bonds is 19. The molecule has 0 bridgehead atoms. The van der Waals surface area contributed by atoms with Gasteiger partial charge in [-0.3, -0.25) is 24.4 Å². The summed E-state index contributed by atoms with van der Waals surface area (Å²) in [4.78, 5) is 47.2. The predicted octanol–water partition coefficient (Wildman–Crippen LogP) is 6.68. The molecular weight excluding hydrogens is 532 g/mol. The lowest BCUT2D eigenvalue weighted by Crippen LogP contribution is -2.34. The van der Waals surface area contributed by atoms with Crippen LogP contribution < -0.4 is 5.48 Å². The highest BCUT2D eigenvalue weighted by Gasteiger charge is 2.13. The van der Waals surface area contributed by atoms with Gasteiger partial charge in [0.1, 0.15) is 11.6 Å². The number of unbranched alkanes of at least 4 members (excludes halogenated alkanes) is 3. The second-order valence-electron chi connectivity index (χ2n) is 10.2. The minimum atomic E-state index is -0.741. The van der Waals surface area contributed by atoms with E-state index in [1.165, 1.54) is 0 Å². The van der Waals surface area contributed by atoms with Crippen molar-refractivity contribution in [3.05, 3.63) is 71.8 Å². The Balaban J connectivity index is 0. The lowest BCUT2D eigenvalue weighted by Gasteiger charge is -2.26. The minimum Gasteiger partial charge on any atom is -0.481 e. The van der Waals surface area contributed by atoms with Gasteiger partial charge in [-0.25, -0.2) is 5.48 Å². The highest BCUT2D eigenvalue weighted by atomic mass is 16.5. The number of carbonyl (C=O) groups excluding carboxylic acids is 3. The topological polar surface area (TPSA) is 124 Å². The van der Waals surface area contributed by atoms with Crippen LogP contribution in [0.25, 0.3) is 0 Å². The normalized spacial score (nSPS) is 10.1. The summed E-state index contributed by atoms with van der Waals surface area (Å²) in [6.07, 6.45) is 6.69. The van der Waals surface area contributed by atoms with Gasteiger partial charge >= 0.3 is 5.97 Å². The Morgan fingerprint density at radius 1 is 0.667 bits per heavy atom. The molecular formula is C34H54N2O6. The summed E-state index contributed by atoms with van der Waals surface area (Å²) in [6, 6.07) is 19.8. The summed E-state index contributed by atoms with van der Waals surface area (Å²) in [7, 11) is 0. The van der Waals surface area contributed by atoms with E-state index in [-0.39, 0.29) is 45.2 Å². The maximum absolute atomic E-state index is 12.0. The fourth-order valence-corrected chi connectivity index (χ4v) is 4.17.